The highest BCUT2D eigenvalue weighted by Crippen LogP contribution is 2.24. The number of halogens is 2. The molecule has 1 aromatic carbocycles. The number of benzene rings is 1. The van der Waals surface area contributed by atoms with Crippen LogP contribution >= 0.6 is 34.7 Å². The van der Waals surface area contributed by atoms with Crippen molar-refractivity contribution in [1.29, 1.82) is 0 Å². The first-order valence-corrected chi connectivity index (χ1v) is 9.02. The van der Waals surface area contributed by atoms with Crippen LogP contribution in [0.3, 0.4) is 0 Å². The molecule has 2 aromatic rings. The molecule has 8 heteroatoms. The number of carbonyl (C=O) groups is 2. The summed E-state index contributed by atoms with van der Waals surface area (Å²) >= 11 is 8.73. The van der Waals surface area contributed by atoms with E-state index in [0.29, 0.717) is 11.3 Å². The number of hydrogen-bond acceptors (Lipinski definition) is 4. The van der Waals surface area contributed by atoms with Crippen molar-refractivity contribution in [3.05, 3.63) is 57.0 Å². The smallest absolute Gasteiger partial charge is 0.248 e. The predicted molar refractivity (Wildman–Crippen MR) is 91.9 cm³/mol. The van der Waals surface area contributed by atoms with Crippen LogP contribution in [0.5, 0.6) is 0 Å². The number of thioether (sulfide) groups is 1. The molecule has 0 radical (unpaired) electrons. The van der Waals surface area contributed by atoms with E-state index in [1.165, 1.54) is 47.4 Å². The Hall–Kier alpha value is -1.57. The fraction of sp³-hybridized carbons (Fsp3) is 0.200. The van der Waals surface area contributed by atoms with E-state index in [2.05, 4.69) is 10.9 Å². The molecule has 0 bridgehead atoms. The molecule has 122 valence electrons. The van der Waals surface area contributed by atoms with Gasteiger partial charge in [-0.05, 0) is 29.8 Å². The molecule has 0 aliphatic rings. The van der Waals surface area contributed by atoms with Crippen LogP contribution in [0.25, 0.3) is 0 Å². The average molecular weight is 373 g/mol. The highest BCUT2D eigenvalue weighted by Gasteiger charge is 2.07. The molecule has 0 fully saturated rings. The summed E-state index contributed by atoms with van der Waals surface area (Å²) in [7, 11) is 0. The van der Waals surface area contributed by atoms with E-state index in [0.717, 1.165) is 9.21 Å². The van der Waals surface area contributed by atoms with Gasteiger partial charge in [-0.25, -0.2) is 4.39 Å². The molecule has 0 aliphatic carbocycles. The van der Waals surface area contributed by atoms with E-state index < -0.39 is 0 Å². The van der Waals surface area contributed by atoms with Crippen molar-refractivity contribution < 1.29 is 14.0 Å². The maximum atomic E-state index is 12.8. The van der Waals surface area contributed by atoms with Crippen molar-refractivity contribution >= 4 is 46.5 Å². The normalized spacial score (nSPS) is 10.3. The van der Waals surface area contributed by atoms with Crippen LogP contribution in [-0.4, -0.2) is 17.6 Å². The van der Waals surface area contributed by atoms with Crippen LogP contribution in [0.4, 0.5) is 4.39 Å². The van der Waals surface area contributed by atoms with E-state index in [9.17, 15) is 14.0 Å². The van der Waals surface area contributed by atoms with Crippen LogP contribution in [0, 0.1) is 5.82 Å². The topological polar surface area (TPSA) is 58.2 Å². The van der Waals surface area contributed by atoms with Gasteiger partial charge in [-0.15, -0.1) is 23.1 Å². The summed E-state index contributed by atoms with van der Waals surface area (Å²) < 4.78 is 13.5. The van der Waals surface area contributed by atoms with Gasteiger partial charge in [0.15, 0.2) is 0 Å². The zero-order chi connectivity index (χ0) is 16.7. The molecule has 1 aromatic heterocycles. The van der Waals surface area contributed by atoms with Crippen LogP contribution in [0.1, 0.15) is 10.4 Å². The Morgan fingerprint density at radius 1 is 1.09 bits per heavy atom. The van der Waals surface area contributed by atoms with Crippen LogP contribution in [0.2, 0.25) is 4.34 Å². The van der Waals surface area contributed by atoms with Crippen LogP contribution in [-0.2, 0) is 21.8 Å². The van der Waals surface area contributed by atoms with Crippen molar-refractivity contribution in [3.8, 4) is 0 Å². The Bertz CT molecular complexity index is 676. The number of rotatable bonds is 6. The standard InChI is InChI=1S/C15H14ClFN2O2S2/c16-13-6-5-12(23-13)8-22-9-15(21)19-18-14(20)7-10-1-3-11(17)4-2-10/h1-6H,7-9H2,(H,18,20)(H,19,21). The first-order chi connectivity index (χ1) is 11.0. The van der Waals surface area contributed by atoms with Gasteiger partial charge in [0, 0.05) is 10.6 Å². The van der Waals surface area contributed by atoms with E-state index in [1.807, 2.05) is 12.1 Å². The van der Waals surface area contributed by atoms with Crippen molar-refractivity contribution in [3.63, 3.8) is 0 Å². The number of hydrogen-bond donors (Lipinski definition) is 2. The summed E-state index contributed by atoms with van der Waals surface area (Å²) in [6.45, 7) is 0. The number of hydrazine groups is 1. The third-order valence-electron chi connectivity index (χ3n) is 2.73. The number of nitrogens with one attached hydrogen (secondary N) is 2. The van der Waals surface area contributed by atoms with Gasteiger partial charge >= 0.3 is 0 Å². The lowest BCUT2D eigenvalue weighted by molar-refractivity contribution is -0.127. The summed E-state index contributed by atoms with van der Waals surface area (Å²) in [6.07, 6.45) is 0.0708. The molecule has 2 rings (SSSR count). The third-order valence-corrected chi connectivity index (χ3v) is 5.12. The largest absolute Gasteiger partial charge is 0.273 e. The predicted octanol–water partition coefficient (Wildman–Crippen LogP) is 3.16. The summed E-state index contributed by atoms with van der Waals surface area (Å²) in [5.41, 5.74) is 5.35. The molecule has 2 amide bonds. The Kier molecular flexibility index (Phi) is 6.88. The second-order valence-corrected chi connectivity index (χ2v) is 7.38. The Balaban J connectivity index is 1.63. The minimum atomic E-state index is -0.361. The van der Waals surface area contributed by atoms with E-state index in [1.54, 1.807) is 0 Å². The molecule has 0 saturated heterocycles. The first kappa shape index (κ1) is 17.8. The summed E-state index contributed by atoms with van der Waals surface area (Å²) in [4.78, 5) is 24.4. The number of thiophene rings is 1. The number of amides is 2. The molecule has 0 atom stereocenters. The van der Waals surface area contributed by atoms with Crippen molar-refractivity contribution in [2.45, 2.75) is 12.2 Å². The molecule has 23 heavy (non-hydrogen) atoms. The Morgan fingerprint density at radius 3 is 2.43 bits per heavy atom. The Labute approximate surface area is 146 Å². The molecule has 0 saturated carbocycles. The van der Waals surface area contributed by atoms with E-state index in [4.69, 9.17) is 11.6 Å². The van der Waals surface area contributed by atoms with Gasteiger partial charge in [0.05, 0.1) is 16.5 Å². The molecule has 0 spiro atoms. The monoisotopic (exact) mass is 372 g/mol. The molecule has 2 N–H and O–H groups in total. The lowest BCUT2D eigenvalue weighted by Gasteiger charge is -2.07. The van der Waals surface area contributed by atoms with Gasteiger partial charge in [-0.1, -0.05) is 23.7 Å². The number of carbonyl (C=O) groups excluding carboxylic acids is 2. The first-order valence-electron chi connectivity index (χ1n) is 6.67. The average Bonchev–Trinajstić information content (AvgIpc) is 2.93. The minimum absolute atomic E-state index is 0.0708. The van der Waals surface area contributed by atoms with Crippen molar-refractivity contribution in [1.82, 2.24) is 10.9 Å². The molecule has 1 heterocycles. The summed E-state index contributed by atoms with van der Waals surface area (Å²) in [6, 6.07) is 9.36. The molecule has 0 unspecified atom stereocenters. The molecular weight excluding hydrogens is 359 g/mol. The Morgan fingerprint density at radius 2 is 1.78 bits per heavy atom. The van der Waals surface area contributed by atoms with Crippen molar-refractivity contribution in [2.24, 2.45) is 0 Å². The highest BCUT2D eigenvalue weighted by atomic mass is 35.5. The molecule has 4 nitrogen and oxygen atoms in total. The molecular formula is C15H14ClFN2O2S2. The van der Waals surface area contributed by atoms with Crippen LogP contribution < -0.4 is 10.9 Å². The lowest BCUT2D eigenvalue weighted by atomic mass is 10.1. The molecule has 0 aliphatic heterocycles. The van der Waals surface area contributed by atoms with Gasteiger partial charge < -0.3 is 0 Å². The zero-order valence-corrected chi connectivity index (χ0v) is 14.4. The SMILES string of the molecule is O=C(CSCc1ccc(Cl)s1)NNC(=O)Cc1ccc(F)cc1. The summed E-state index contributed by atoms with van der Waals surface area (Å²) in [5.74, 6) is -0.0858. The van der Waals surface area contributed by atoms with Gasteiger partial charge in [0.2, 0.25) is 11.8 Å². The van der Waals surface area contributed by atoms with Gasteiger partial charge in [-0.3, -0.25) is 20.4 Å². The second-order valence-electron chi connectivity index (χ2n) is 4.60. The van der Waals surface area contributed by atoms with Crippen molar-refractivity contribution in [2.75, 3.05) is 5.75 Å². The maximum absolute atomic E-state index is 12.8. The minimum Gasteiger partial charge on any atom is -0.273 e. The zero-order valence-electron chi connectivity index (χ0n) is 12.0. The lowest BCUT2D eigenvalue weighted by Crippen LogP contribution is -2.43. The highest BCUT2D eigenvalue weighted by molar-refractivity contribution is 7.99. The fourth-order valence-corrected chi connectivity index (χ4v) is 3.71. The van der Waals surface area contributed by atoms with Gasteiger partial charge in [0.1, 0.15) is 5.82 Å². The van der Waals surface area contributed by atoms with E-state index in [-0.39, 0.29) is 29.8 Å². The van der Waals surface area contributed by atoms with Gasteiger partial charge in [-0.2, -0.15) is 0 Å². The fourth-order valence-electron chi connectivity index (χ4n) is 1.68. The second kappa shape index (κ2) is 8.90. The van der Waals surface area contributed by atoms with Gasteiger partial charge in [0.25, 0.3) is 0 Å². The van der Waals surface area contributed by atoms with Crippen LogP contribution in [0.15, 0.2) is 36.4 Å². The third kappa shape index (κ3) is 6.60. The quantitative estimate of drug-likeness (QED) is 0.766. The maximum Gasteiger partial charge on any atom is 0.248 e. The summed E-state index contributed by atoms with van der Waals surface area (Å²) in [5, 5.41) is 0. The van der Waals surface area contributed by atoms with E-state index >= 15 is 0 Å².